The van der Waals surface area contributed by atoms with E-state index in [4.69, 9.17) is 9.47 Å². The van der Waals surface area contributed by atoms with Gasteiger partial charge in [-0.1, -0.05) is 6.58 Å². The molecule has 4 nitrogen and oxygen atoms in total. The summed E-state index contributed by atoms with van der Waals surface area (Å²) in [6.45, 7) is 8.89. The largest absolute Gasteiger partial charge is 0.463 e. The van der Waals surface area contributed by atoms with E-state index in [9.17, 15) is 9.59 Å². The quantitative estimate of drug-likeness (QED) is 0.398. The zero-order valence-corrected chi connectivity index (χ0v) is 9.54. The third-order valence-electron chi connectivity index (χ3n) is 1.36. The van der Waals surface area contributed by atoms with Gasteiger partial charge >= 0.3 is 11.9 Å². The molecule has 0 aliphatic heterocycles. The SMILES string of the molecule is C=CC(=O)OCCCC(=O)OC(C)(C)C. The van der Waals surface area contributed by atoms with Crippen LogP contribution >= 0.6 is 0 Å². The first kappa shape index (κ1) is 13.7. The van der Waals surface area contributed by atoms with Crippen molar-refractivity contribution in [2.45, 2.75) is 39.2 Å². The fourth-order valence-electron chi connectivity index (χ4n) is 0.841. The molecular formula is C11H18O4. The van der Waals surface area contributed by atoms with Crippen LogP contribution in [0.4, 0.5) is 0 Å². The number of hydrogen-bond donors (Lipinski definition) is 0. The maximum Gasteiger partial charge on any atom is 0.330 e. The molecule has 0 aliphatic carbocycles. The van der Waals surface area contributed by atoms with E-state index in [-0.39, 0.29) is 19.0 Å². The van der Waals surface area contributed by atoms with Crippen LogP contribution in [0.15, 0.2) is 12.7 Å². The molecule has 86 valence electrons. The molecule has 0 spiro atoms. The summed E-state index contributed by atoms with van der Waals surface area (Å²) in [5, 5.41) is 0. The molecule has 0 aromatic rings. The summed E-state index contributed by atoms with van der Waals surface area (Å²) in [5.74, 6) is -0.753. The summed E-state index contributed by atoms with van der Waals surface area (Å²) in [4.78, 5) is 21.8. The number of ether oxygens (including phenoxy) is 2. The molecule has 0 bridgehead atoms. The van der Waals surface area contributed by atoms with Crippen LogP contribution in [-0.2, 0) is 19.1 Å². The Morgan fingerprint density at radius 3 is 2.40 bits per heavy atom. The van der Waals surface area contributed by atoms with E-state index in [1.807, 2.05) is 20.8 Å². The third kappa shape index (κ3) is 9.00. The van der Waals surface area contributed by atoms with Crippen LogP contribution in [-0.4, -0.2) is 24.1 Å². The van der Waals surface area contributed by atoms with E-state index in [2.05, 4.69) is 6.58 Å². The monoisotopic (exact) mass is 214 g/mol. The van der Waals surface area contributed by atoms with Crippen molar-refractivity contribution in [2.24, 2.45) is 0 Å². The van der Waals surface area contributed by atoms with Gasteiger partial charge in [-0.2, -0.15) is 0 Å². The molecule has 0 unspecified atom stereocenters. The van der Waals surface area contributed by atoms with Gasteiger partial charge in [-0.3, -0.25) is 4.79 Å². The molecular weight excluding hydrogens is 196 g/mol. The Morgan fingerprint density at radius 1 is 1.33 bits per heavy atom. The van der Waals surface area contributed by atoms with E-state index in [0.29, 0.717) is 6.42 Å². The molecule has 0 radical (unpaired) electrons. The third-order valence-corrected chi connectivity index (χ3v) is 1.36. The van der Waals surface area contributed by atoms with Gasteiger partial charge in [-0.15, -0.1) is 0 Å². The number of hydrogen-bond acceptors (Lipinski definition) is 4. The average Bonchev–Trinajstić information content (AvgIpc) is 2.09. The Labute approximate surface area is 90.2 Å². The molecule has 0 aliphatic rings. The van der Waals surface area contributed by atoms with Crippen LogP contribution < -0.4 is 0 Å². The van der Waals surface area contributed by atoms with Crippen molar-refractivity contribution >= 4 is 11.9 Å². The highest BCUT2D eigenvalue weighted by Gasteiger charge is 2.15. The maximum atomic E-state index is 11.2. The smallest absolute Gasteiger partial charge is 0.330 e. The lowest BCUT2D eigenvalue weighted by molar-refractivity contribution is -0.155. The zero-order valence-electron chi connectivity index (χ0n) is 9.54. The Kier molecular flexibility index (Phi) is 5.67. The van der Waals surface area contributed by atoms with E-state index < -0.39 is 11.6 Å². The lowest BCUT2D eigenvalue weighted by Gasteiger charge is -2.19. The molecule has 0 aromatic heterocycles. The number of carbonyl (C=O) groups is 2. The Morgan fingerprint density at radius 2 is 1.93 bits per heavy atom. The Hall–Kier alpha value is -1.32. The standard InChI is InChI=1S/C11H18O4/c1-5-9(12)14-8-6-7-10(13)15-11(2,3)4/h5H,1,6-8H2,2-4H3. The van der Waals surface area contributed by atoms with Gasteiger partial charge in [0.15, 0.2) is 0 Å². The maximum absolute atomic E-state index is 11.2. The summed E-state index contributed by atoms with van der Waals surface area (Å²) in [5.41, 5.74) is -0.463. The second-order valence-corrected chi connectivity index (χ2v) is 4.06. The second-order valence-electron chi connectivity index (χ2n) is 4.06. The van der Waals surface area contributed by atoms with E-state index in [0.717, 1.165) is 6.08 Å². The number of carbonyl (C=O) groups excluding carboxylic acids is 2. The predicted molar refractivity (Wildman–Crippen MR) is 56.2 cm³/mol. The Balaban J connectivity index is 3.56. The van der Waals surface area contributed by atoms with Crippen LogP contribution in [0.25, 0.3) is 0 Å². The van der Waals surface area contributed by atoms with Crippen LogP contribution in [0.1, 0.15) is 33.6 Å². The van der Waals surface area contributed by atoms with E-state index in [1.54, 1.807) is 0 Å². The summed E-state index contributed by atoms with van der Waals surface area (Å²) in [6.07, 6.45) is 1.81. The van der Waals surface area contributed by atoms with Crippen LogP contribution in [0, 0.1) is 0 Å². The highest BCUT2D eigenvalue weighted by atomic mass is 16.6. The van der Waals surface area contributed by atoms with Gasteiger partial charge in [0, 0.05) is 12.5 Å². The van der Waals surface area contributed by atoms with Crippen molar-refractivity contribution in [3.63, 3.8) is 0 Å². The second kappa shape index (κ2) is 6.22. The molecule has 0 aromatic carbocycles. The lowest BCUT2D eigenvalue weighted by atomic mass is 10.2. The van der Waals surface area contributed by atoms with Gasteiger partial charge in [-0.05, 0) is 27.2 Å². The van der Waals surface area contributed by atoms with Crippen molar-refractivity contribution in [3.05, 3.63) is 12.7 Å². The summed E-state index contributed by atoms with van der Waals surface area (Å²) in [6, 6.07) is 0. The van der Waals surface area contributed by atoms with E-state index >= 15 is 0 Å². The molecule has 0 rings (SSSR count). The first-order valence-electron chi connectivity index (χ1n) is 4.86. The van der Waals surface area contributed by atoms with Crippen molar-refractivity contribution in [2.75, 3.05) is 6.61 Å². The van der Waals surface area contributed by atoms with Crippen LogP contribution in [0.5, 0.6) is 0 Å². The first-order valence-corrected chi connectivity index (χ1v) is 4.86. The molecule has 0 saturated heterocycles. The molecule has 0 amide bonds. The van der Waals surface area contributed by atoms with Crippen molar-refractivity contribution in [3.8, 4) is 0 Å². The topological polar surface area (TPSA) is 52.6 Å². The van der Waals surface area contributed by atoms with Gasteiger partial charge < -0.3 is 9.47 Å². The molecule has 0 N–H and O–H groups in total. The van der Waals surface area contributed by atoms with Crippen molar-refractivity contribution < 1.29 is 19.1 Å². The molecule has 15 heavy (non-hydrogen) atoms. The Bertz CT molecular complexity index is 237. The fraction of sp³-hybridized carbons (Fsp3) is 0.636. The van der Waals surface area contributed by atoms with Crippen LogP contribution in [0.3, 0.4) is 0 Å². The minimum Gasteiger partial charge on any atom is -0.463 e. The van der Waals surface area contributed by atoms with Gasteiger partial charge in [-0.25, -0.2) is 4.79 Å². The summed E-state index contributed by atoms with van der Waals surface area (Å²) in [7, 11) is 0. The number of esters is 2. The molecule has 4 heteroatoms. The molecule has 0 saturated carbocycles. The summed E-state index contributed by atoms with van der Waals surface area (Å²) >= 11 is 0. The fourth-order valence-corrected chi connectivity index (χ4v) is 0.841. The van der Waals surface area contributed by atoms with Gasteiger partial charge in [0.2, 0.25) is 0 Å². The lowest BCUT2D eigenvalue weighted by Crippen LogP contribution is -2.23. The first-order chi connectivity index (χ1) is 6.85. The zero-order chi connectivity index (χ0) is 11.9. The molecule has 0 fully saturated rings. The normalized spacial score (nSPS) is 10.6. The van der Waals surface area contributed by atoms with Gasteiger partial charge in [0.1, 0.15) is 5.60 Å². The van der Waals surface area contributed by atoms with Gasteiger partial charge in [0.25, 0.3) is 0 Å². The molecule has 0 heterocycles. The molecule has 0 atom stereocenters. The highest BCUT2D eigenvalue weighted by Crippen LogP contribution is 2.08. The van der Waals surface area contributed by atoms with Crippen molar-refractivity contribution in [1.29, 1.82) is 0 Å². The minimum atomic E-state index is -0.473. The highest BCUT2D eigenvalue weighted by molar-refractivity contribution is 5.81. The van der Waals surface area contributed by atoms with Crippen molar-refractivity contribution in [1.82, 2.24) is 0 Å². The predicted octanol–water partition coefficient (Wildman–Crippen LogP) is 1.84. The average molecular weight is 214 g/mol. The number of rotatable bonds is 5. The minimum absolute atomic E-state index is 0.212. The van der Waals surface area contributed by atoms with E-state index in [1.165, 1.54) is 0 Å². The summed E-state index contributed by atoms with van der Waals surface area (Å²) < 4.78 is 9.78. The van der Waals surface area contributed by atoms with Crippen LogP contribution in [0.2, 0.25) is 0 Å². The van der Waals surface area contributed by atoms with Gasteiger partial charge in [0.05, 0.1) is 6.61 Å².